The van der Waals surface area contributed by atoms with Crippen LogP contribution >= 0.6 is 0 Å². The Morgan fingerprint density at radius 1 is 1.55 bits per heavy atom. The summed E-state index contributed by atoms with van der Waals surface area (Å²) in [6.45, 7) is 3.08. The molecule has 1 aromatic rings. The standard InChI is InChI=1S/C13H24N4O2S/c1-3-5-14-12(8-13-15-10-16-17(13)2)7-11-4-6-20(18,19)9-11/h10-12,14H,3-9H2,1-2H3. The highest BCUT2D eigenvalue weighted by Gasteiger charge is 2.30. The van der Waals surface area contributed by atoms with Crippen molar-refractivity contribution in [3.63, 3.8) is 0 Å². The van der Waals surface area contributed by atoms with Crippen LogP contribution in [0.25, 0.3) is 0 Å². The van der Waals surface area contributed by atoms with E-state index in [9.17, 15) is 8.42 Å². The summed E-state index contributed by atoms with van der Waals surface area (Å²) >= 11 is 0. The zero-order valence-corrected chi connectivity index (χ0v) is 13.1. The summed E-state index contributed by atoms with van der Waals surface area (Å²) in [6, 6.07) is 0.274. The highest BCUT2D eigenvalue weighted by molar-refractivity contribution is 7.91. The Balaban J connectivity index is 1.95. The lowest BCUT2D eigenvalue weighted by Gasteiger charge is -2.21. The fraction of sp³-hybridized carbons (Fsp3) is 0.846. The quantitative estimate of drug-likeness (QED) is 0.796. The molecular formula is C13H24N4O2S. The predicted octanol–water partition coefficient (Wildman–Crippen LogP) is 0.551. The first-order valence-electron chi connectivity index (χ1n) is 7.27. The second kappa shape index (κ2) is 6.67. The Morgan fingerprint density at radius 2 is 2.35 bits per heavy atom. The minimum absolute atomic E-state index is 0.274. The number of nitrogens with one attached hydrogen (secondary N) is 1. The lowest BCUT2D eigenvalue weighted by molar-refractivity contribution is 0.394. The van der Waals surface area contributed by atoms with Gasteiger partial charge in [0.15, 0.2) is 9.84 Å². The minimum Gasteiger partial charge on any atom is -0.314 e. The Kier molecular flexibility index (Phi) is 5.15. The van der Waals surface area contributed by atoms with E-state index in [1.807, 2.05) is 7.05 Å². The van der Waals surface area contributed by atoms with Gasteiger partial charge in [0.2, 0.25) is 0 Å². The summed E-state index contributed by atoms with van der Waals surface area (Å²) in [4.78, 5) is 4.26. The number of hydrogen-bond acceptors (Lipinski definition) is 5. The van der Waals surface area contributed by atoms with E-state index in [2.05, 4.69) is 22.3 Å². The highest BCUT2D eigenvalue weighted by atomic mass is 32.2. The molecule has 1 fully saturated rings. The summed E-state index contributed by atoms with van der Waals surface area (Å²) in [5.41, 5.74) is 0. The topological polar surface area (TPSA) is 76.9 Å². The van der Waals surface area contributed by atoms with E-state index in [4.69, 9.17) is 0 Å². The summed E-state index contributed by atoms with van der Waals surface area (Å²) in [5, 5.41) is 7.60. The van der Waals surface area contributed by atoms with Gasteiger partial charge in [-0.2, -0.15) is 5.10 Å². The Labute approximate surface area is 120 Å². The van der Waals surface area contributed by atoms with Crippen molar-refractivity contribution in [1.29, 1.82) is 0 Å². The van der Waals surface area contributed by atoms with Gasteiger partial charge in [0.05, 0.1) is 11.5 Å². The maximum absolute atomic E-state index is 11.6. The van der Waals surface area contributed by atoms with Crippen LogP contribution in [0.1, 0.15) is 32.0 Å². The summed E-state index contributed by atoms with van der Waals surface area (Å²) in [5.74, 6) is 1.92. The van der Waals surface area contributed by atoms with Crippen molar-refractivity contribution in [2.24, 2.45) is 13.0 Å². The number of aryl methyl sites for hydroxylation is 1. The van der Waals surface area contributed by atoms with Crippen LogP contribution in [0, 0.1) is 5.92 Å². The monoisotopic (exact) mass is 300 g/mol. The second-order valence-corrected chi connectivity index (χ2v) is 7.89. The average Bonchev–Trinajstić information content (AvgIpc) is 2.93. The number of aromatic nitrogens is 3. The van der Waals surface area contributed by atoms with Crippen LogP contribution in [0.4, 0.5) is 0 Å². The van der Waals surface area contributed by atoms with Gasteiger partial charge in [0, 0.05) is 19.5 Å². The maximum atomic E-state index is 11.6. The van der Waals surface area contributed by atoms with Crippen LogP contribution < -0.4 is 5.32 Å². The first-order chi connectivity index (χ1) is 9.50. The minimum atomic E-state index is -2.79. The third kappa shape index (κ3) is 4.28. The molecule has 2 atom stereocenters. The van der Waals surface area contributed by atoms with Crippen molar-refractivity contribution in [2.45, 2.75) is 38.6 Å². The smallest absolute Gasteiger partial charge is 0.150 e. The molecule has 6 nitrogen and oxygen atoms in total. The molecule has 2 unspecified atom stereocenters. The average molecular weight is 300 g/mol. The molecule has 0 radical (unpaired) electrons. The zero-order valence-electron chi connectivity index (χ0n) is 12.2. The number of sulfone groups is 1. The van der Waals surface area contributed by atoms with Crippen molar-refractivity contribution in [3.05, 3.63) is 12.2 Å². The summed E-state index contributed by atoms with van der Waals surface area (Å²) < 4.78 is 24.9. The molecule has 0 bridgehead atoms. The van der Waals surface area contributed by atoms with E-state index in [0.29, 0.717) is 11.5 Å². The van der Waals surface area contributed by atoms with Gasteiger partial charge in [-0.15, -0.1) is 0 Å². The number of hydrogen-bond donors (Lipinski definition) is 1. The van der Waals surface area contributed by atoms with Gasteiger partial charge in [-0.25, -0.2) is 13.4 Å². The van der Waals surface area contributed by atoms with Gasteiger partial charge in [-0.05, 0) is 31.7 Å². The van der Waals surface area contributed by atoms with Crippen molar-refractivity contribution < 1.29 is 8.42 Å². The molecule has 1 aliphatic rings. The van der Waals surface area contributed by atoms with E-state index in [0.717, 1.165) is 38.1 Å². The SMILES string of the molecule is CCCNC(Cc1ncnn1C)CC1CCS(=O)(=O)C1. The lowest BCUT2D eigenvalue weighted by Crippen LogP contribution is -2.35. The largest absolute Gasteiger partial charge is 0.314 e. The predicted molar refractivity (Wildman–Crippen MR) is 78.2 cm³/mol. The molecular weight excluding hydrogens is 276 g/mol. The fourth-order valence-electron chi connectivity index (χ4n) is 2.77. The molecule has 7 heteroatoms. The molecule has 2 rings (SSSR count). The third-order valence-electron chi connectivity index (χ3n) is 3.86. The van der Waals surface area contributed by atoms with E-state index in [1.165, 1.54) is 0 Å². The van der Waals surface area contributed by atoms with Gasteiger partial charge in [-0.3, -0.25) is 4.68 Å². The summed E-state index contributed by atoms with van der Waals surface area (Å²) in [7, 11) is -0.905. The Bertz CT molecular complexity index is 526. The first-order valence-corrected chi connectivity index (χ1v) is 9.09. The Hall–Kier alpha value is -0.950. The molecule has 1 saturated heterocycles. The second-order valence-electron chi connectivity index (χ2n) is 5.66. The third-order valence-corrected chi connectivity index (χ3v) is 5.70. The first kappa shape index (κ1) is 15.4. The molecule has 0 aromatic carbocycles. The van der Waals surface area contributed by atoms with Crippen LogP contribution in [-0.4, -0.2) is 47.3 Å². The van der Waals surface area contributed by atoms with Gasteiger partial charge in [-0.1, -0.05) is 6.92 Å². The number of nitrogens with zero attached hydrogens (tertiary/aromatic N) is 3. The van der Waals surface area contributed by atoms with Gasteiger partial charge < -0.3 is 5.32 Å². The summed E-state index contributed by atoms with van der Waals surface area (Å²) in [6.07, 6.45) is 5.12. The van der Waals surface area contributed by atoms with Crippen LogP contribution in [0.15, 0.2) is 6.33 Å². The molecule has 1 aromatic heterocycles. The number of rotatable bonds is 7. The molecule has 20 heavy (non-hydrogen) atoms. The van der Waals surface area contributed by atoms with E-state index >= 15 is 0 Å². The van der Waals surface area contributed by atoms with E-state index in [-0.39, 0.29) is 12.0 Å². The van der Waals surface area contributed by atoms with Crippen LogP contribution in [0.2, 0.25) is 0 Å². The van der Waals surface area contributed by atoms with Gasteiger partial charge in [0.25, 0.3) is 0 Å². The fourth-order valence-corrected chi connectivity index (χ4v) is 4.65. The molecule has 1 aliphatic heterocycles. The van der Waals surface area contributed by atoms with Crippen LogP contribution in [-0.2, 0) is 23.3 Å². The van der Waals surface area contributed by atoms with Crippen molar-refractivity contribution in [2.75, 3.05) is 18.1 Å². The zero-order chi connectivity index (χ0) is 14.6. The lowest BCUT2D eigenvalue weighted by atomic mass is 9.97. The van der Waals surface area contributed by atoms with Crippen molar-refractivity contribution in [3.8, 4) is 0 Å². The van der Waals surface area contributed by atoms with Gasteiger partial charge in [0.1, 0.15) is 12.2 Å². The molecule has 0 saturated carbocycles. The van der Waals surface area contributed by atoms with Crippen LogP contribution in [0.5, 0.6) is 0 Å². The maximum Gasteiger partial charge on any atom is 0.150 e. The molecule has 0 amide bonds. The molecule has 0 aliphatic carbocycles. The van der Waals surface area contributed by atoms with Gasteiger partial charge >= 0.3 is 0 Å². The van der Waals surface area contributed by atoms with E-state index in [1.54, 1.807) is 11.0 Å². The normalized spacial score (nSPS) is 23.0. The molecule has 1 N–H and O–H groups in total. The van der Waals surface area contributed by atoms with Crippen molar-refractivity contribution >= 4 is 9.84 Å². The molecule has 0 spiro atoms. The van der Waals surface area contributed by atoms with Crippen LogP contribution in [0.3, 0.4) is 0 Å². The molecule has 2 heterocycles. The van der Waals surface area contributed by atoms with E-state index < -0.39 is 9.84 Å². The highest BCUT2D eigenvalue weighted by Crippen LogP contribution is 2.23. The van der Waals surface area contributed by atoms with Crippen molar-refractivity contribution in [1.82, 2.24) is 20.1 Å². The molecule has 114 valence electrons. The Morgan fingerprint density at radius 3 is 2.90 bits per heavy atom.